The second-order valence-electron chi connectivity index (χ2n) is 11.6. The van der Waals surface area contributed by atoms with Gasteiger partial charge in [-0.15, -0.1) is 0 Å². The number of aromatic nitrogens is 3. The molecule has 0 saturated carbocycles. The fourth-order valence-electron chi connectivity index (χ4n) is 5.17. The number of rotatable bonds is 7. The third kappa shape index (κ3) is 8.74. The van der Waals surface area contributed by atoms with Crippen LogP contribution in [0.5, 0.6) is 0 Å². The van der Waals surface area contributed by atoms with Gasteiger partial charge in [-0.1, -0.05) is 5.87 Å². The van der Waals surface area contributed by atoms with Gasteiger partial charge in [-0.25, -0.2) is 14.8 Å². The predicted octanol–water partition coefficient (Wildman–Crippen LogP) is 5.15. The van der Waals surface area contributed by atoms with Gasteiger partial charge in [0, 0.05) is 49.7 Å². The second kappa shape index (κ2) is 14.1. The van der Waals surface area contributed by atoms with Gasteiger partial charge in [-0.2, -0.15) is 10.5 Å². The number of fused-ring (bicyclic) bond motifs is 1. The molecule has 2 aromatic heterocycles. The normalized spacial score (nSPS) is 21.1. The van der Waals surface area contributed by atoms with Gasteiger partial charge < -0.3 is 28.4 Å². The van der Waals surface area contributed by atoms with Gasteiger partial charge in [-0.05, 0) is 65.0 Å². The molecule has 0 bridgehead atoms. The molecular weight excluding hydrogens is 516 g/mol. The lowest BCUT2D eigenvalue weighted by Crippen LogP contribution is -2.41. The largest absolute Gasteiger partial charge is 0.444 e. The van der Waals surface area contributed by atoms with Crippen molar-refractivity contribution in [2.45, 2.75) is 77.0 Å². The van der Waals surface area contributed by atoms with Gasteiger partial charge >= 0.3 is 6.09 Å². The van der Waals surface area contributed by atoms with Crippen molar-refractivity contribution in [3.63, 3.8) is 0 Å². The first-order valence-corrected chi connectivity index (χ1v) is 16.2. The summed E-state index contributed by atoms with van der Waals surface area (Å²) < 4.78 is 25.1. The molecule has 2 aromatic rings. The summed E-state index contributed by atoms with van der Waals surface area (Å²) in [6.07, 6.45) is 10.6. The van der Waals surface area contributed by atoms with Crippen LogP contribution in [0.15, 0.2) is 12.4 Å². The first kappa shape index (κ1) is 30.0. The van der Waals surface area contributed by atoms with Gasteiger partial charge in [0.2, 0.25) is 0 Å². The molecule has 10 heteroatoms. The molecule has 9 nitrogen and oxygen atoms in total. The summed E-state index contributed by atoms with van der Waals surface area (Å²) in [5.74, 6) is 5.59. The molecule has 39 heavy (non-hydrogen) atoms. The molecule has 1 amide bonds. The number of likely N-dealkylation sites (tertiary alicyclic amines) is 1. The van der Waals surface area contributed by atoms with E-state index in [1.165, 1.54) is 5.56 Å². The monoisotopic (exact) mass is 562 g/mol. The maximum atomic E-state index is 12.6. The SMILES string of the molecule is C=S(C)CCOCn1cc(C2CCN(C(=O)OC(C)(C)C)CC2)c2nc(C3CCCOCCOCC3)cnc21. The number of hydrogen-bond acceptors (Lipinski definition) is 7. The van der Waals surface area contributed by atoms with E-state index >= 15 is 0 Å². The number of amides is 1. The average molecular weight is 563 g/mol. The van der Waals surface area contributed by atoms with Crippen LogP contribution in [-0.4, -0.2) is 95.1 Å². The summed E-state index contributed by atoms with van der Waals surface area (Å²) in [5, 5.41) is 0. The fraction of sp³-hybridized carbons (Fsp3) is 0.724. The second-order valence-corrected chi connectivity index (χ2v) is 13.6. The van der Waals surface area contributed by atoms with Gasteiger partial charge in [0.05, 0.1) is 31.7 Å². The lowest BCUT2D eigenvalue weighted by Gasteiger charge is -2.33. The molecule has 0 aliphatic carbocycles. The highest BCUT2D eigenvalue weighted by Crippen LogP contribution is 2.35. The van der Waals surface area contributed by atoms with E-state index in [2.05, 4.69) is 22.9 Å². The summed E-state index contributed by atoms with van der Waals surface area (Å²) in [6, 6.07) is 0. The highest BCUT2D eigenvalue weighted by Gasteiger charge is 2.30. The van der Waals surface area contributed by atoms with Crippen LogP contribution in [0.2, 0.25) is 0 Å². The maximum absolute atomic E-state index is 12.6. The molecule has 2 unspecified atom stereocenters. The fourth-order valence-corrected chi connectivity index (χ4v) is 5.57. The summed E-state index contributed by atoms with van der Waals surface area (Å²) >= 11 is 0. The van der Waals surface area contributed by atoms with Crippen molar-refractivity contribution in [2.24, 2.45) is 0 Å². The minimum absolute atomic E-state index is 0.102. The lowest BCUT2D eigenvalue weighted by molar-refractivity contribution is 0.0205. The zero-order valence-corrected chi connectivity index (χ0v) is 25.0. The van der Waals surface area contributed by atoms with Crippen molar-refractivity contribution < 1.29 is 23.7 Å². The van der Waals surface area contributed by atoms with E-state index in [1.54, 1.807) is 0 Å². The summed E-state index contributed by atoms with van der Waals surface area (Å²) in [5.41, 5.74) is 3.52. The van der Waals surface area contributed by atoms with Crippen molar-refractivity contribution in [3.8, 4) is 0 Å². The molecule has 0 N–H and O–H groups in total. The molecule has 4 heterocycles. The highest BCUT2D eigenvalue weighted by atomic mass is 32.2. The average Bonchev–Trinajstić information content (AvgIpc) is 3.26. The number of piperidine rings is 1. The third-order valence-corrected chi connectivity index (χ3v) is 8.11. The molecule has 0 aromatic carbocycles. The Morgan fingerprint density at radius 3 is 2.56 bits per heavy atom. The van der Waals surface area contributed by atoms with Gasteiger partial charge in [0.25, 0.3) is 0 Å². The summed E-state index contributed by atoms with van der Waals surface area (Å²) in [7, 11) is 0.102. The first-order valence-electron chi connectivity index (χ1n) is 14.2. The van der Waals surface area contributed by atoms with E-state index in [1.807, 2.05) is 31.9 Å². The topological polar surface area (TPSA) is 87.9 Å². The molecule has 0 radical (unpaired) electrons. The number of nitrogens with zero attached hydrogens (tertiary/aromatic N) is 4. The van der Waals surface area contributed by atoms with Crippen molar-refractivity contribution in [2.75, 3.05) is 58.1 Å². The van der Waals surface area contributed by atoms with E-state index in [9.17, 15) is 4.79 Å². The Morgan fingerprint density at radius 2 is 1.85 bits per heavy atom. The Hall–Kier alpha value is -2.01. The van der Waals surface area contributed by atoms with Crippen LogP contribution in [-0.2, 0) is 25.7 Å². The van der Waals surface area contributed by atoms with Gasteiger partial charge in [-0.3, -0.25) is 0 Å². The smallest absolute Gasteiger partial charge is 0.410 e. The quantitative estimate of drug-likeness (QED) is 0.341. The van der Waals surface area contributed by atoms with Crippen molar-refractivity contribution >= 4 is 33.6 Å². The minimum atomic E-state index is -0.494. The Labute approximate surface area is 235 Å². The Kier molecular flexibility index (Phi) is 10.8. The Bertz CT molecular complexity index is 1100. The highest BCUT2D eigenvalue weighted by molar-refractivity contribution is 8.13. The molecular formula is C29H46N4O5S. The molecule has 2 saturated heterocycles. The molecule has 0 spiro atoms. The predicted molar refractivity (Wildman–Crippen MR) is 157 cm³/mol. The molecule has 2 aliphatic heterocycles. The maximum Gasteiger partial charge on any atom is 0.410 e. The molecule has 2 atom stereocenters. The molecule has 4 rings (SSSR count). The van der Waals surface area contributed by atoms with Crippen molar-refractivity contribution in [1.29, 1.82) is 0 Å². The minimum Gasteiger partial charge on any atom is -0.444 e. The standard InChI is InChI=1S/C29H46N4O5S/c1-29(2,3)38-28(34)32-11-8-22(9-12-32)24-20-33(21-37-17-18-39(4)5)27-26(24)31-25(19-30-27)23-7-6-13-35-15-16-36-14-10-23/h19-20,22-23H,4,6-18,21H2,1-3,5H3. The molecule has 2 aliphatic rings. The Balaban J connectivity index is 1.55. The van der Waals surface area contributed by atoms with Gasteiger partial charge in [0.15, 0.2) is 5.65 Å². The van der Waals surface area contributed by atoms with E-state index < -0.39 is 5.60 Å². The summed E-state index contributed by atoms with van der Waals surface area (Å²) in [4.78, 5) is 24.6. The third-order valence-electron chi connectivity index (χ3n) is 7.25. The Morgan fingerprint density at radius 1 is 1.10 bits per heavy atom. The molecule has 2 fully saturated rings. The lowest BCUT2D eigenvalue weighted by atomic mass is 9.90. The van der Waals surface area contributed by atoms with Crippen LogP contribution in [0.3, 0.4) is 0 Å². The number of hydrogen-bond donors (Lipinski definition) is 0. The van der Waals surface area contributed by atoms with Crippen LogP contribution < -0.4 is 0 Å². The van der Waals surface area contributed by atoms with E-state index in [4.69, 9.17) is 28.9 Å². The van der Waals surface area contributed by atoms with E-state index in [0.717, 1.165) is 61.3 Å². The van der Waals surface area contributed by atoms with Crippen molar-refractivity contribution in [3.05, 3.63) is 23.7 Å². The van der Waals surface area contributed by atoms with E-state index in [-0.39, 0.29) is 22.5 Å². The first-order chi connectivity index (χ1) is 18.7. The van der Waals surface area contributed by atoms with Crippen LogP contribution in [0.1, 0.15) is 76.0 Å². The zero-order chi connectivity index (χ0) is 27.8. The van der Waals surface area contributed by atoms with Crippen LogP contribution in [0.4, 0.5) is 4.79 Å². The van der Waals surface area contributed by atoms with Crippen LogP contribution in [0, 0.1) is 0 Å². The number of ether oxygens (including phenoxy) is 4. The number of carbonyl (C=O) groups excluding carboxylic acids is 1. The van der Waals surface area contributed by atoms with Gasteiger partial charge in [0.1, 0.15) is 17.8 Å². The summed E-state index contributed by atoms with van der Waals surface area (Å²) in [6.45, 7) is 10.9. The van der Waals surface area contributed by atoms with Crippen LogP contribution >= 0.6 is 10.5 Å². The number of carbonyl (C=O) groups is 1. The zero-order valence-electron chi connectivity index (χ0n) is 24.2. The molecule has 218 valence electrons. The van der Waals surface area contributed by atoms with Crippen molar-refractivity contribution in [1.82, 2.24) is 19.4 Å². The van der Waals surface area contributed by atoms with Crippen LogP contribution in [0.25, 0.3) is 11.2 Å². The van der Waals surface area contributed by atoms with E-state index in [0.29, 0.717) is 52.2 Å².